The first-order chi connectivity index (χ1) is 13.9. The van der Waals surface area contributed by atoms with E-state index in [2.05, 4.69) is 10.6 Å². The summed E-state index contributed by atoms with van der Waals surface area (Å²) in [5, 5.41) is 5.34. The minimum Gasteiger partial charge on any atom is -0.348 e. The van der Waals surface area contributed by atoms with Crippen molar-refractivity contribution in [3.63, 3.8) is 0 Å². The third kappa shape index (κ3) is 5.54. The van der Waals surface area contributed by atoms with Gasteiger partial charge in [0.15, 0.2) is 0 Å². The lowest BCUT2D eigenvalue weighted by molar-refractivity contribution is -0.139. The highest BCUT2D eigenvalue weighted by molar-refractivity contribution is 7.89. The number of hydrogen-bond donors (Lipinski definition) is 2. The number of piperidine rings is 1. The molecular weight excluding hydrogens is 397 g/mol. The number of halogens is 1. The van der Waals surface area contributed by atoms with E-state index in [1.54, 1.807) is 0 Å². The van der Waals surface area contributed by atoms with Crippen LogP contribution in [0.1, 0.15) is 51.4 Å². The molecule has 1 heterocycles. The SMILES string of the molecule is O=C(NCC[C@H]1CCCCN1S(=O)(=O)c1ccc(F)cc1)C(=O)NC1CCCC1. The van der Waals surface area contributed by atoms with Crippen LogP contribution in [0.5, 0.6) is 0 Å². The zero-order valence-electron chi connectivity index (χ0n) is 16.4. The van der Waals surface area contributed by atoms with Crippen LogP contribution in [0.2, 0.25) is 0 Å². The van der Waals surface area contributed by atoms with Crippen LogP contribution < -0.4 is 10.6 Å². The lowest BCUT2D eigenvalue weighted by Crippen LogP contribution is -2.47. The van der Waals surface area contributed by atoms with Crippen LogP contribution in [-0.4, -0.2) is 49.7 Å². The standard InChI is InChI=1S/C20H28FN3O4S/c21-15-8-10-18(11-9-15)29(27,28)24-14-4-3-7-17(24)12-13-22-19(25)20(26)23-16-5-1-2-6-16/h8-11,16-17H,1-7,12-14H2,(H,22,25)(H,23,26)/t17-/m1/s1. The van der Waals surface area contributed by atoms with Crippen LogP contribution in [0.3, 0.4) is 0 Å². The van der Waals surface area contributed by atoms with Gasteiger partial charge in [-0.25, -0.2) is 12.8 Å². The average molecular weight is 426 g/mol. The minimum atomic E-state index is -3.74. The zero-order chi connectivity index (χ0) is 20.9. The molecule has 1 aromatic carbocycles. The number of hydrogen-bond acceptors (Lipinski definition) is 4. The molecule has 0 aromatic heterocycles. The second kappa shape index (κ2) is 9.67. The van der Waals surface area contributed by atoms with Crippen molar-refractivity contribution in [1.29, 1.82) is 0 Å². The van der Waals surface area contributed by atoms with E-state index in [1.807, 2.05) is 0 Å². The Morgan fingerprint density at radius 2 is 1.66 bits per heavy atom. The Morgan fingerprint density at radius 3 is 2.34 bits per heavy atom. The van der Waals surface area contributed by atoms with Gasteiger partial charge in [0.2, 0.25) is 10.0 Å². The summed E-state index contributed by atoms with van der Waals surface area (Å²) in [5.74, 6) is -1.80. The first-order valence-electron chi connectivity index (χ1n) is 10.2. The molecule has 0 radical (unpaired) electrons. The van der Waals surface area contributed by atoms with Crippen LogP contribution in [-0.2, 0) is 19.6 Å². The van der Waals surface area contributed by atoms with Gasteiger partial charge in [-0.1, -0.05) is 19.3 Å². The van der Waals surface area contributed by atoms with E-state index in [-0.39, 0.29) is 23.5 Å². The summed E-state index contributed by atoms with van der Waals surface area (Å²) >= 11 is 0. The molecule has 9 heteroatoms. The molecule has 1 aliphatic heterocycles. The first kappa shape index (κ1) is 21.7. The summed E-state index contributed by atoms with van der Waals surface area (Å²) in [4.78, 5) is 24.0. The lowest BCUT2D eigenvalue weighted by Gasteiger charge is -2.34. The molecule has 2 aliphatic rings. The van der Waals surface area contributed by atoms with Crippen LogP contribution in [0.25, 0.3) is 0 Å². The number of nitrogens with one attached hydrogen (secondary N) is 2. The van der Waals surface area contributed by atoms with Gasteiger partial charge in [-0.2, -0.15) is 4.31 Å². The van der Waals surface area contributed by atoms with Gasteiger partial charge in [-0.05, 0) is 56.4 Å². The van der Waals surface area contributed by atoms with Crippen molar-refractivity contribution in [3.05, 3.63) is 30.1 Å². The largest absolute Gasteiger partial charge is 0.348 e. The normalized spacial score (nSPS) is 21.1. The predicted octanol–water partition coefficient (Wildman–Crippen LogP) is 1.93. The van der Waals surface area contributed by atoms with Gasteiger partial charge in [0, 0.05) is 25.2 Å². The van der Waals surface area contributed by atoms with Gasteiger partial charge in [0.05, 0.1) is 4.90 Å². The Balaban J connectivity index is 1.55. The molecule has 1 atom stereocenters. The molecule has 1 saturated heterocycles. The molecule has 2 amide bonds. The highest BCUT2D eigenvalue weighted by Crippen LogP contribution is 2.27. The van der Waals surface area contributed by atoms with Crippen molar-refractivity contribution in [2.24, 2.45) is 0 Å². The van der Waals surface area contributed by atoms with Crippen molar-refractivity contribution in [2.75, 3.05) is 13.1 Å². The molecule has 1 aliphatic carbocycles. The van der Waals surface area contributed by atoms with Crippen LogP contribution in [0.15, 0.2) is 29.2 Å². The first-order valence-corrected chi connectivity index (χ1v) is 11.7. The molecule has 1 aromatic rings. The zero-order valence-corrected chi connectivity index (χ0v) is 17.2. The third-order valence-corrected chi connectivity index (χ3v) is 7.62. The molecule has 7 nitrogen and oxygen atoms in total. The molecular formula is C20H28FN3O4S. The fraction of sp³-hybridized carbons (Fsp3) is 0.600. The molecule has 0 bridgehead atoms. The summed E-state index contributed by atoms with van der Waals surface area (Å²) in [7, 11) is -3.74. The maximum atomic E-state index is 13.1. The Morgan fingerprint density at radius 1 is 1.00 bits per heavy atom. The Hall–Kier alpha value is -2.00. The van der Waals surface area contributed by atoms with E-state index in [0.717, 1.165) is 50.7 Å². The number of amides is 2. The number of carbonyl (C=O) groups excluding carboxylic acids is 2. The summed E-state index contributed by atoms with van der Waals surface area (Å²) in [6.45, 7) is 0.609. The summed E-state index contributed by atoms with van der Waals surface area (Å²) in [6.07, 6.45) is 6.69. The number of sulfonamides is 1. The molecule has 1 saturated carbocycles. The Labute approximate surface area is 171 Å². The second-order valence-corrected chi connectivity index (χ2v) is 9.61. The van der Waals surface area contributed by atoms with Crippen molar-refractivity contribution < 1.29 is 22.4 Å². The maximum absolute atomic E-state index is 13.1. The topological polar surface area (TPSA) is 95.6 Å². The van der Waals surface area contributed by atoms with Gasteiger partial charge in [-0.3, -0.25) is 9.59 Å². The van der Waals surface area contributed by atoms with Crippen molar-refractivity contribution in [2.45, 2.75) is 68.3 Å². The number of carbonyl (C=O) groups is 2. The smallest absolute Gasteiger partial charge is 0.309 e. The van der Waals surface area contributed by atoms with Crippen molar-refractivity contribution in [1.82, 2.24) is 14.9 Å². The monoisotopic (exact) mass is 425 g/mol. The highest BCUT2D eigenvalue weighted by Gasteiger charge is 2.33. The van der Waals surface area contributed by atoms with Crippen molar-refractivity contribution >= 4 is 21.8 Å². The predicted molar refractivity (Wildman–Crippen MR) is 106 cm³/mol. The van der Waals surface area contributed by atoms with Gasteiger partial charge >= 0.3 is 11.8 Å². The van der Waals surface area contributed by atoms with Crippen LogP contribution in [0.4, 0.5) is 4.39 Å². The molecule has 2 N–H and O–H groups in total. The molecule has 2 fully saturated rings. The number of nitrogens with zero attached hydrogens (tertiary/aromatic N) is 1. The average Bonchev–Trinajstić information content (AvgIpc) is 3.21. The molecule has 3 rings (SSSR count). The van der Waals surface area contributed by atoms with E-state index in [0.29, 0.717) is 19.4 Å². The Kier molecular flexibility index (Phi) is 7.23. The fourth-order valence-electron chi connectivity index (χ4n) is 4.07. The van der Waals surface area contributed by atoms with E-state index in [9.17, 15) is 22.4 Å². The molecule has 0 spiro atoms. The van der Waals surface area contributed by atoms with E-state index in [4.69, 9.17) is 0 Å². The van der Waals surface area contributed by atoms with Gasteiger partial charge < -0.3 is 10.6 Å². The summed E-state index contributed by atoms with van der Waals surface area (Å²) in [5.41, 5.74) is 0. The number of rotatable bonds is 6. The van der Waals surface area contributed by atoms with Crippen molar-refractivity contribution in [3.8, 4) is 0 Å². The van der Waals surface area contributed by atoms with Gasteiger partial charge in [-0.15, -0.1) is 0 Å². The number of benzene rings is 1. The van der Waals surface area contributed by atoms with E-state index in [1.165, 1.54) is 16.4 Å². The highest BCUT2D eigenvalue weighted by atomic mass is 32.2. The van der Waals surface area contributed by atoms with E-state index < -0.39 is 27.7 Å². The maximum Gasteiger partial charge on any atom is 0.309 e. The fourth-order valence-corrected chi connectivity index (χ4v) is 5.80. The third-order valence-electron chi connectivity index (χ3n) is 5.65. The van der Waals surface area contributed by atoms with Gasteiger partial charge in [0.25, 0.3) is 0 Å². The molecule has 160 valence electrons. The summed E-state index contributed by atoms with van der Waals surface area (Å²) < 4.78 is 40.5. The minimum absolute atomic E-state index is 0.0609. The molecule has 0 unspecified atom stereocenters. The van der Waals surface area contributed by atoms with E-state index >= 15 is 0 Å². The Bertz CT molecular complexity index is 823. The summed E-state index contributed by atoms with van der Waals surface area (Å²) in [6, 6.07) is 4.61. The lowest BCUT2D eigenvalue weighted by atomic mass is 10.0. The quantitative estimate of drug-likeness (QED) is 0.681. The van der Waals surface area contributed by atoms with Crippen LogP contribution >= 0.6 is 0 Å². The second-order valence-electron chi connectivity index (χ2n) is 7.72. The molecule has 29 heavy (non-hydrogen) atoms. The van der Waals surface area contributed by atoms with Crippen LogP contribution in [0, 0.1) is 5.82 Å². The van der Waals surface area contributed by atoms with Gasteiger partial charge in [0.1, 0.15) is 5.82 Å².